The predicted octanol–water partition coefficient (Wildman–Crippen LogP) is 4.59. The van der Waals surface area contributed by atoms with E-state index >= 15 is 0 Å². The molecule has 0 amide bonds. The molecule has 36 heavy (non-hydrogen) atoms. The average molecular weight is 508 g/mol. The highest BCUT2D eigenvalue weighted by molar-refractivity contribution is 8.01. The van der Waals surface area contributed by atoms with E-state index in [1.54, 1.807) is 46.1 Å². The van der Waals surface area contributed by atoms with Crippen LogP contribution in [0.15, 0.2) is 49.1 Å². The van der Waals surface area contributed by atoms with Crippen LogP contribution in [0.3, 0.4) is 0 Å². The zero-order valence-electron chi connectivity index (χ0n) is 21.1. The molecule has 4 rings (SSSR count). The predicted molar refractivity (Wildman–Crippen MR) is 140 cm³/mol. The van der Waals surface area contributed by atoms with E-state index in [1.165, 1.54) is 11.9 Å². The molecule has 2 atom stereocenters. The van der Waals surface area contributed by atoms with Crippen LogP contribution in [0.4, 0.5) is 5.95 Å². The van der Waals surface area contributed by atoms with Crippen molar-refractivity contribution in [3.8, 4) is 28.6 Å². The standard InChI is InChI=1S/C25H29N7O3S/c1-15-10-18(14-26-11-15)24-29-30-25(32(24)21-19(33-4)8-7-9-20(21)34-5)31-36-17(3)22(35-6)23-27-12-16(2)13-28-23/h7-14,17,22H,1-6H3,(H,30,31). The highest BCUT2D eigenvalue weighted by Crippen LogP contribution is 2.38. The Hall–Kier alpha value is -3.70. The van der Waals surface area contributed by atoms with Crippen molar-refractivity contribution in [3.63, 3.8) is 0 Å². The van der Waals surface area contributed by atoms with Crippen LogP contribution in [0.1, 0.15) is 30.0 Å². The molecule has 3 heterocycles. The highest BCUT2D eigenvalue weighted by atomic mass is 32.2. The molecule has 0 aliphatic heterocycles. The number of methoxy groups -OCH3 is 3. The summed E-state index contributed by atoms with van der Waals surface area (Å²) in [6, 6.07) is 7.61. The minimum atomic E-state index is -0.333. The maximum atomic E-state index is 5.73. The number of ether oxygens (including phenoxy) is 3. The van der Waals surface area contributed by atoms with Gasteiger partial charge in [0.05, 0.1) is 19.5 Å². The van der Waals surface area contributed by atoms with Crippen LogP contribution in [0, 0.1) is 13.8 Å². The number of aryl methyl sites for hydroxylation is 2. The van der Waals surface area contributed by atoms with Gasteiger partial charge in [-0.2, -0.15) is 0 Å². The summed E-state index contributed by atoms with van der Waals surface area (Å²) in [5.41, 5.74) is 3.48. The fourth-order valence-electron chi connectivity index (χ4n) is 3.74. The van der Waals surface area contributed by atoms with Crippen molar-refractivity contribution >= 4 is 17.9 Å². The van der Waals surface area contributed by atoms with Gasteiger partial charge in [-0.25, -0.2) is 9.97 Å². The van der Waals surface area contributed by atoms with Gasteiger partial charge in [0.25, 0.3) is 0 Å². The Labute approximate surface area is 214 Å². The molecular weight excluding hydrogens is 478 g/mol. The third kappa shape index (κ3) is 5.26. The summed E-state index contributed by atoms with van der Waals surface area (Å²) in [5, 5.41) is 8.89. The zero-order chi connectivity index (χ0) is 25.7. The van der Waals surface area contributed by atoms with Crippen LogP contribution < -0.4 is 14.2 Å². The molecule has 0 bridgehead atoms. The lowest BCUT2D eigenvalue weighted by Crippen LogP contribution is -2.19. The molecule has 1 aromatic carbocycles. The highest BCUT2D eigenvalue weighted by Gasteiger charge is 2.26. The van der Waals surface area contributed by atoms with E-state index in [4.69, 9.17) is 14.2 Å². The minimum Gasteiger partial charge on any atom is -0.494 e. The third-order valence-corrected chi connectivity index (χ3v) is 6.41. The molecule has 188 valence electrons. The van der Waals surface area contributed by atoms with E-state index in [1.807, 2.05) is 49.6 Å². The van der Waals surface area contributed by atoms with Gasteiger partial charge in [0.15, 0.2) is 11.6 Å². The Bertz CT molecular complexity index is 1290. The van der Waals surface area contributed by atoms with Crippen molar-refractivity contribution in [1.29, 1.82) is 0 Å². The minimum absolute atomic E-state index is 0.0634. The molecule has 0 saturated carbocycles. The van der Waals surface area contributed by atoms with Gasteiger partial charge in [-0.3, -0.25) is 14.3 Å². The van der Waals surface area contributed by atoms with Gasteiger partial charge in [0.1, 0.15) is 23.3 Å². The molecule has 0 aliphatic carbocycles. The van der Waals surface area contributed by atoms with Crippen LogP contribution in [-0.2, 0) is 4.74 Å². The molecule has 1 N–H and O–H groups in total. The molecule has 0 radical (unpaired) electrons. The van der Waals surface area contributed by atoms with Gasteiger partial charge in [-0.15, -0.1) is 10.2 Å². The number of hydrogen-bond acceptors (Lipinski definition) is 10. The molecule has 0 fully saturated rings. The first-order chi connectivity index (χ1) is 17.5. The molecule has 3 aromatic heterocycles. The normalized spacial score (nSPS) is 12.7. The van der Waals surface area contributed by atoms with Crippen LogP contribution >= 0.6 is 11.9 Å². The van der Waals surface area contributed by atoms with Crippen molar-refractivity contribution in [2.75, 3.05) is 26.1 Å². The van der Waals surface area contributed by atoms with Gasteiger partial charge in [-0.05, 0) is 62.0 Å². The van der Waals surface area contributed by atoms with Crippen LogP contribution in [-0.4, -0.2) is 56.3 Å². The molecule has 0 spiro atoms. The van der Waals surface area contributed by atoms with E-state index in [2.05, 4.69) is 29.9 Å². The van der Waals surface area contributed by atoms with Crippen molar-refractivity contribution < 1.29 is 14.2 Å². The Morgan fingerprint density at radius 3 is 2.22 bits per heavy atom. The molecule has 10 nitrogen and oxygen atoms in total. The van der Waals surface area contributed by atoms with Gasteiger partial charge in [0, 0.05) is 37.5 Å². The van der Waals surface area contributed by atoms with E-state index in [0.717, 1.165) is 16.7 Å². The zero-order valence-corrected chi connectivity index (χ0v) is 21.9. The number of anilines is 1. The first-order valence-electron chi connectivity index (χ1n) is 11.3. The van der Waals surface area contributed by atoms with Crippen molar-refractivity contribution in [2.45, 2.75) is 32.1 Å². The summed E-state index contributed by atoms with van der Waals surface area (Å²) in [6.07, 6.45) is 6.78. The summed E-state index contributed by atoms with van der Waals surface area (Å²) in [5.74, 6) is 2.92. The summed E-state index contributed by atoms with van der Waals surface area (Å²) in [7, 11) is 4.88. The Morgan fingerprint density at radius 2 is 1.61 bits per heavy atom. The first-order valence-corrected chi connectivity index (χ1v) is 12.2. The number of nitrogens with one attached hydrogen (secondary N) is 1. The molecule has 4 aromatic rings. The molecule has 2 unspecified atom stereocenters. The smallest absolute Gasteiger partial charge is 0.239 e. The number of rotatable bonds is 10. The van der Waals surface area contributed by atoms with Gasteiger partial charge < -0.3 is 14.2 Å². The van der Waals surface area contributed by atoms with Crippen molar-refractivity contribution in [2.24, 2.45) is 0 Å². The van der Waals surface area contributed by atoms with Gasteiger partial charge >= 0.3 is 0 Å². The van der Waals surface area contributed by atoms with Crippen LogP contribution in [0.5, 0.6) is 11.5 Å². The molecular formula is C25H29N7O3S. The largest absolute Gasteiger partial charge is 0.494 e. The second-order valence-electron chi connectivity index (χ2n) is 8.14. The lowest BCUT2D eigenvalue weighted by molar-refractivity contribution is 0.0972. The average Bonchev–Trinajstić information content (AvgIpc) is 3.31. The van der Waals surface area contributed by atoms with E-state index in [-0.39, 0.29) is 11.4 Å². The lowest BCUT2D eigenvalue weighted by Gasteiger charge is -2.22. The van der Waals surface area contributed by atoms with Gasteiger partial charge in [0.2, 0.25) is 5.95 Å². The maximum absolute atomic E-state index is 5.73. The van der Waals surface area contributed by atoms with E-state index in [0.29, 0.717) is 34.8 Å². The molecule has 11 heteroatoms. The number of benzene rings is 1. The Balaban J connectivity index is 1.73. The summed E-state index contributed by atoms with van der Waals surface area (Å²) >= 11 is 1.43. The second kappa shape index (κ2) is 11.4. The fourth-order valence-corrected chi connectivity index (χ4v) is 4.52. The SMILES string of the molecule is COc1cccc(OC)c1-n1c(NSC(C)C(OC)c2ncc(C)cn2)nnc1-c1cncc(C)c1. The summed E-state index contributed by atoms with van der Waals surface area (Å²) in [6.45, 7) is 5.96. The number of pyridine rings is 1. The van der Waals surface area contributed by atoms with Crippen LogP contribution in [0.25, 0.3) is 17.1 Å². The van der Waals surface area contributed by atoms with E-state index < -0.39 is 0 Å². The molecule has 0 saturated heterocycles. The van der Waals surface area contributed by atoms with Crippen molar-refractivity contribution in [1.82, 2.24) is 29.7 Å². The third-order valence-electron chi connectivity index (χ3n) is 5.49. The second-order valence-corrected chi connectivity index (χ2v) is 9.33. The Kier molecular flexibility index (Phi) is 8.01. The number of para-hydroxylation sites is 1. The number of nitrogens with zero attached hydrogens (tertiary/aromatic N) is 6. The monoisotopic (exact) mass is 507 g/mol. The lowest BCUT2D eigenvalue weighted by atomic mass is 10.2. The topological polar surface area (TPSA) is 109 Å². The fraction of sp³-hybridized carbons (Fsp3) is 0.320. The summed E-state index contributed by atoms with van der Waals surface area (Å²) in [4.78, 5) is 13.2. The Morgan fingerprint density at radius 1 is 0.917 bits per heavy atom. The number of aromatic nitrogens is 6. The number of hydrogen-bond donors (Lipinski definition) is 1. The van der Waals surface area contributed by atoms with Crippen LogP contribution in [0.2, 0.25) is 0 Å². The van der Waals surface area contributed by atoms with E-state index in [9.17, 15) is 0 Å². The van der Waals surface area contributed by atoms with Gasteiger partial charge in [-0.1, -0.05) is 6.07 Å². The quantitative estimate of drug-likeness (QED) is 0.306. The molecule has 0 aliphatic rings. The summed E-state index contributed by atoms with van der Waals surface area (Å²) < 4.78 is 22.3. The first kappa shape index (κ1) is 25.4. The van der Waals surface area contributed by atoms with Crippen molar-refractivity contribution in [3.05, 3.63) is 66.0 Å². The maximum Gasteiger partial charge on any atom is 0.239 e.